The zero-order valence-corrected chi connectivity index (χ0v) is 12.0. The fourth-order valence-corrected chi connectivity index (χ4v) is 4.02. The van der Waals surface area contributed by atoms with Crippen LogP contribution in [-0.4, -0.2) is 31.7 Å². The van der Waals surface area contributed by atoms with Crippen molar-refractivity contribution in [1.82, 2.24) is 9.71 Å². The van der Waals surface area contributed by atoms with E-state index >= 15 is 0 Å². The van der Waals surface area contributed by atoms with Crippen LogP contribution in [-0.2, 0) is 10.0 Å². The highest BCUT2D eigenvalue weighted by Crippen LogP contribution is 2.37. The number of aromatic nitrogens is 1. The lowest BCUT2D eigenvalue weighted by Crippen LogP contribution is -2.38. The molecule has 7 heteroatoms. The highest BCUT2D eigenvalue weighted by Gasteiger charge is 2.34. The number of rotatable bonds is 5. The highest BCUT2D eigenvalue weighted by molar-refractivity contribution is 7.89. The molecule has 1 aromatic heterocycles. The predicted octanol–water partition coefficient (Wildman–Crippen LogP) is 1.57. The summed E-state index contributed by atoms with van der Waals surface area (Å²) in [6.45, 7) is 0.230. The van der Waals surface area contributed by atoms with Gasteiger partial charge in [-0.25, -0.2) is 18.1 Å². The molecule has 0 radical (unpaired) electrons. The number of hydrogen-bond donors (Lipinski definition) is 2. The molecule has 19 heavy (non-hydrogen) atoms. The lowest BCUT2D eigenvalue weighted by Gasteiger charge is -2.26. The number of nitrogens with zero attached hydrogens (tertiary/aromatic N) is 1. The predicted molar refractivity (Wildman–Crippen MR) is 72.4 cm³/mol. The van der Waals surface area contributed by atoms with Gasteiger partial charge in [0.1, 0.15) is 10.0 Å². The standard InChI is InChI=1S/C12H17ClN2O3S/c13-11-10(4-3-7-14-11)19(17,18)15-8-12(9-16)5-1-2-6-12/h3-4,7,15-16H,1-2,5-6,8-9H2. The Morgan fingerprint density at radius 1 is 1.42 bits per heavy atom. The number of pyridine rings is 1. The summed E-state index contributed by atoms with van der Waals surface area (Å²) in [4.78, 5) is 3.73. The van der Waals surface area contributed by atoms with Gasteiger partial charge in [0, 0.05) is 24.8 Å². The van der Waals surface area contributed by atoms with Gasteiger partial charge in [-0.3, -0.25) is 0 Å². The van der Waals surface area contributed by atoms with Gasteiger partial charge in [0.25, 0.3) is 0 Å². The van der Waals surface area contributed by atoms with E-state index in [1.807, 2.05) is 0 Å². The molecule has 2 N–H and O–H groups in total. The molecule has 1 aliphatic rings. The van der Waals surface area contributed by atoms with Crippen molar-refractivity contribution in [1.29, 1.82) is 0 Å². The molecule has 2 rings (SSSR count). The molecule has 0 bridgehead atoms. The van der Waals surface area contributed by atoms with Crippen molar-refractivity contribution in [2.45, 2.75) is 30.6 Å². The summed E-state index contributed by atoms with van der Waals surface area (Å²) >= 11 is 5.79. The minimum Gasteiger partial charge on any atom is -0.396 e. The molecule has 0 amide bonds. The maximum Gasteiger partial charge on any atom is 0.243 e. The van der Waals surface area contributed by atoms with Gasteiger partial charge in [-0.1, -0.05) is 24.4 Å². The van der Waals surface area contributed by atoms with Crippen LogP contribution in [0.5, 0.6) is 0 Å². The van der Waals surface area contributed by atoms with Crippen LogP contribution in [0, 0.1) is 5.41 Å². The summed E-state index contributed by atoms with van der Waals surface area (Å²) in [6, 6.07) is 2.94. The van der Waals surface area contributed by atoms with E-state index in [1.165, 1.54) is 18.3 Å². The van der Waals surface area contributed by atoms with E-state index in [1.54, 1.807) is 0 Å². The van der Waals surface area contributed by atoms with Gasteiger partial charge in [-0.15, -0.1) is 0 Å². The average molecular weight is 305 g/mol. The zero-order chi connectivity index (χ0) is 13.9. The van der Waals surface area contributed by atoms with Gasteiger partial charge in [-0.2, -0.15) is 0 Å². The normalized spacial score (nSPS) is 18.6. The van der Waals surface area contributed by atoms with E-state index < -0.39 is 10.0 Å². The van der Waals surface area contributed by atoms with Crippen LogP contribution in [0.3, 0.4) is 0 Å². The Morgan fingerprint density at radius 2 is 2.11 bits per heavy atom. The number of aliphatic hydroxyl groups excluding tert-OH is 1. The second-order valence-electron chi connectivity index (χ2n) is 4.98. The van der Waals surface area contributed by atoms with Crippen molar-refractivity contribution >= 4 is 21.6 Å². The number of sulfonamides is 1. The quantitative estimate of drug-likeness (QED) is 0.809. The summed E-state index contributed by atoms with van der Waals surface area (Å²) in [5, 5.41) is 9.42. The van der Waals surface area contributed by atoms with E-state index in [-0.39, 0.29) is 28.6 Å². The van der Waals surface area contributed by atoms with Crippen molar-refractivity contribution in [2.75, 3.05) is 13.2 Å². The van der Waals surface area contributed by atoms with Crippen molar-refractivity contribution in [3.63, 3.8) is 0 Å². The minimum atomic E-state index is -3.68. The molecule has 1 saturated carbocycles. The Kier molecular flexibility index (Phi) is 4.45. The first-order chi connectivity index (χ1) is 8.99. The van der Waals surface area contributed by atoms with Crippen LogP contribution in [0.4, 0.5) is 0 Å². The van der Waals surface area contributed by atoms with Gasteiger partial charge >= 0.3 is 0 Å². The molecule has 0 spiro atoms. The Labute approximate surface area is 118 Å². The van der Waals surface area contributed by atoms with Gasteiger partial charge in [-0.05, 0) is 25.0 Å². The van der Waals surface area contributed by atoms with Gasteiger partial charge in [0.05, 0.1) is 0 Å². The number of halogens is 1. The van der Waals surface area contributed by atoms with Crippen molar-refractivity contribution in [2.24, 2.45) is 5.41 Å². The van der Waals surface area contributed by atoms with Crippen LogP contribution in [0.1, 0.15) is 25.7 Å². The molecule has 0 aromatic carbocycles. The molecular weight excluding hydrogens is 288 g/mol. The Hall–Kier alpha value is -0.690. The molecule has 1 aromatic rings. The van der Waals surface area contributed by atoms with E-state index in [4.69, 9.17) is 11.6 Å². The average Bonchev–Trinajstić information content (AvgIpc) is 2.86. The monoisotopic (exact) mass is 304 g/mol. The molecule has 0 atom stereocenters. The second kappa shape index (κ2) is 5.75. The van der Waals surface area contributed by atoms with Crippen LogP contribution < -0.4 is 4.72 Å². The maximum absolute atomic E-state index is 12.2. The molecule has 106 valence electrons. The lowest BCUT2D eigenvalue weighted by atomic mass is 9.88. The van der Waals surface area contributed by atoms with E-state index in [9.17, 15) is 13.5 Å². The third kappa shape index (κ3) is 3.25. The van der Waals surface area contributed by atoms with Gasteiger partial charge in [0.15, 0.2) is 0 Å². The number of aliphatic hydroxyl groups is 1. The molecule has 1 fully saturated rings. The zero-order valence-electron chi connectivity index (χ0n) is 10.5. The SMILES string of the molecule is O=S(=O)(NCC1(CO)CCCC1)c1cccnc1Cl. The molecule has 0 aliphatic heterocycles. The van der Waals surface area contributed by atoms with Gasteiger partial charge < -0.3 is 5.11 Å². The van der Waals surface area contributed by atoms with E-state index in [0.29, 0.717) is 0 Å². The molecule has 0 saturated heterocycles. The smallest absolute Gasteiger partial charge is 0.243 e. The molecule has 1 aliphatic carbocycles. The Morgan fingerprint density at radius 3 is 2.68 bits per heavy atom. The van der Waals surface area contributed by atoms with Crippen molar-refractivity contribution < 1.29 is 13.5 Å². The van der Waals surface area contributed by atoms with E-state index in [2.05, 4.69) is 9.71 Å². The Balaban J connectivity index is 2.12. The topological polar surface area (TPSA) is 79.3 Å². The third-order valence-electron chi connectivity index (χ3n) is 3.65. The van der Waals surface area contributed by atoms with Crippen LogP contribution in [0.2, 0.25) is 5.15 Å². The summed E-state index contributed by atoms with van der Waals surface area (Å²) in [6.07, 6.45) is 5.17. The van der Waals surface area contributed by atoms with Crippen LogP contribution >= 0.6 is 11.6 Å². The number of hydrogen-bond acceptors (Lipinski definition) is 4. The van der Waals surface area contributed by atoms with Crippen molar-refractivity contribution in [3.8, 4) is 0 Å². The maximum atomic E-state index is 12.2. The molecule has 0 unspecified atom stereocenters. The first-order valence-electron chi connectivity index (χ1n) is 6.20. The van der Waals surface area contributed by atoms with E-state index in [0.717, 1.165) is 25.7 Å². The minimum absolute atomic E-state index is 0.00368. The van der Waals surface area contributed by atoms with Gasteiger partial charge in [0.2, 0.25) is 10.0 Å². The lowest BCUT2D eigenvalue weighted by molar-refractivity contribution is 0.134. The first-order valence-corrected chi connectivity index (χ1v) is 8.06. The highest BCUT2D eigenvalue weighted by atomic mass is 35.5. The third-order valence-corrected chi connectivity index (χ3v) is 5.50. The summed E-state index contributed by atoms with van der Waals surface area (Å²) in [5.74, 6) is 0. The summed E-state index contributed by atoms with van der Waals surface area (Å²) in [7, 11) is -3.68. The molecular formula is C12H17ClN2O3S. The fraction of sp³-hybridized carbons (Fsp3) is 0.583. The van der Waals surface area contributed by atoms with Crippen molar-refractivity contribution in [3.05, 3.63) is 23.5 Å². The van der Waals surface area contributed by atoms with Crippen LogP contribution in [0.25, 0.3) is 0 Å². The Bertz CT molecular complexity index is 542. The molecule has 5 nitrogen and oxygen atoms in total. The summed E-state index contributed by atoms with van der Waals surface area (Å²) < 4.78 is 26.8. The van der Waals surface area contributed by atoms with Crippen LogP contribution in [0.15, 0.2) is 23.2 Å². The number of nitrogens with one attached hydrogen (secondary N) is 1. The largest absolute Gasteiger partial charge is 0.396 e. The first kappa shape index (κ1) is 14.7. The fourth-order valence-electron chi connectivity index (χ4n) is 2.41. The molecule has 1 heterocycles. The second-order valence-corrected chi connectivity index (χ2v) is 7.08. The summed E-state index contributed by atoms with van der Waals surface area (Å²) in [5.41, 5.74) is -0.332.